The Bertz CT molecular complexity index is 540. The van der Waals surface area contributed by atoms with Crippen LogP contribution in [0.4, 0.5) is 0 Å². The summed E-state index contributed by atoms with van der Waals surface area (Å²) in [6.07, 6.45) is 4.08. The van der Waals surface area contributed by atoms with Gasteiger partial charge in [-0.15, -0.1) is 0 Å². The lowest BCUT2D eigenvalue weighted by Gasteiger charge is -2.35. The van der Waals surface area contributed by atoms with Crippen LogP contribution in [0.3, 0.4) is 0 Å². The fourth-order valence-corrected chi connectivity index (χ4v) is 3.33. The number of amides is 2. The van der Waals surface area contributed by atoms with Gasteiger partial charge >= 0.3 is 0 Å². The van der Waals surface area contributed by atoms with E-state index >= 15 is 0 Å². The van der Waals surface area contributed by atoms with E-state index in [4.69, 9.17) is 4.74 Å². The number of piperidine rings is 1. The van der Waals surface area contributed by atoms with Gasteiger partial charge in [0.15, 0.2) is 0 Å². The molecule has 124 valence electrons. The number of nitrogens with zero attached hydrogens (tertiary/aromatic N) is 1. The lowest BCUT2D eigenvalue weighted by Crippen LogP contribution is -2.49. The van der Waals surface area contributed by atoms with Crippen LogP contribution in [0.15, 0.2) is 30.3 Å². The smallest absolute Gasteiger partial charge is 0.247 e. The molecule has 1 atom stereocenters. The number of rotatable bonds is 4. The predicted octanol–water partition coefficient (Wildman–Crippen LogP) is 2.04. The van der Waals surface area contributed by atoms with Gasteiger partial charge in [0.1, 0.15) is 6.04 Å². The molecule has 0 saturated carbocycles. The zero-order valence-electron chi connectivity index (χ0n) is 13.4. The second-order valence-electron chi connectivity index (χ2n) is 6.25. The Balaban J connectivity index is 1.79. The van der Waals surface area contributed by atoms with Gasteiger partial charge in [0.05, 0.1) is 0 Å². The summed E-state index contributed by atoms with van der Waals surface area (Å²) in [5.41, 5.74) is 0.882. The molecule has 2 aliphatic rings. The number of hydrogen-bond donors (Lipinski definition) is 1. The third-order valence-corrected chi connectivity index (χ3v) is 4.60. The Hall–Kier alpha value is -1.88. The maximum absolute atomic E-state index is 12.9. The van der Waals surface area contributed by atoms with Crippen molar-refractivity contribution in [3.8, 4) is 0 Å². The highest BCUT2D eigenvalue weighted by Crippen LogP contribution is 2.26. The summed E-state index contributed by atoms with van der Waals surface area (Å²) in [4.78, 5) is 27.0. The van der Waals surface area contributed by atoms with E-state index in [0.29, 0.717) is 26.2 Å². The van der Waals surface area contributed by atoms with E-state index < -0.39 is 6.04 Å². The summed E-state index contributed by atoms with van der Waals surface area (Å²) in [7, 11) is 0. The fraction of sp³-hybridized carbons (Fsp3) is 0.556. The van der Waals surface area contributed by atoms with Crippen LogP contribution in [0.25, 0.3) is 0 Å². The third-order valence-electron chi connectivity index (χ3n) is 4.60. The molecule has 23 heavy (non-hydrogen) atoms. The zero-order valence-corrected chi connectivity index (χ0v) is 13.4. The van der Waals surface area contributed by atoms with Gasteiger partial charge in [-0.2, -0.15) is 0 Å². The quantitative estimate of drug-likeness (QED) is 0.925. The number of carbonyl (C=O) groups is 2. The first kappa shape index (κ1) is 16.0. The fourth-order valence-electron chi connectivity index (χ4n) is 3.33. The molecule has 1 aromatic rings. The standard InChI is InChI=1S/C18H24N2O3/c21-16-8-4-5-11-20(16)17(14-6-2-1-3-7-14)18(22)19-15-9-12-23-13-10-15/h1-3,6-7,15,17H,4-5,8-13H2,(H,19,22). The van der Waals surface area contributed by atoms with Crippen molar-refractivity contribution in [2.45, 2.75) is 44.2 Å². The Morgan fingerprint density at radius 2 is 1.91 bits per heavy atom. The minimum Gasteiger partial charge on any atom is -0.381 e. The van der Waals surface area contributed by atoms with Crippen molar-refractivity contribution < 1.29 is 14.3 Å². The van der Waals surface area contributed by atoms with Gasteiger partial charge in [-0.05, 0) is 31.2 Å². The second kappa shape index (κ2) is 7.59. The Labute approximate surface area is 137 Å². The van der Waals surface area contributed by atoms with Gasteiger partial charge in [0.2, 0.25) is 11.8 Å². The minimum absolute atomic E-state index is 0.0710. The van der Waals surface area contributed by atoms with Crippen LogP contribution in [-0.4, -0.2) is 42.5 Å². The van der Waals surface area contributed by atoms with Gasteiger partial charge < -0.3 is 15.0 Å². The summed E-state index contributed by atoms with van der Waals surface area (Å²) < 4.78 is 5.34. The first-order valence-electron chi connectivity index (χ1n) is 8.48. The van der Waals surface area contributed by atoms with Crippen LogP contribution in [0, 0.1) is 0 Å². The van der Waals surface area contributed by atoms with E-state index in [1.54, 1.807) is 4.90 Å². The minimum atomic E-state index is -0.521. The molecular formula is C18H24N2O3. The molecule has 2 saturated heterocycles. The molecule has 0 aliphatic carbocycles. The first-order valence-corrected chi connectivity index (χ1v) is 8.48. The van der Waals surface area contributed by atoms with E-state index in [2.05, 4.69) is 5.32 Å². The molecule has 0 radical (unpaired) electrons. The van der Waals surface area contributed by atoms with Crippen molar-refractivity contribution in [1.29, 1.82) is 0 Å². The molecular weight excluding hydrogens is 292 g/mol. The molecule has 2 amide bonds. The van der Waals surface area contributed by atoms with E-state index in [1.165, 1.54) is 0 Å². The molecule has 3 rings (SSSR count). The normalized spacial score (nSPS) is 21.0. The van der Waals surface area contributed by atoms with E-state index in [-0.39, 0.29) is 17.9 Å². The highest BCUT2D eigenvalue weighted by molar-refractivity contribution is 5.89. The van der Waals surface area contributed by atoms with E-state index in [9.17, 15) is 9.59 Å². The lowest BCUT2D eigenvalue weighted by atomic mass is 9.99. The van der Waals surface area contributed by atoms with Gasteiger partial charge in [-0.25, -0.2) is 0 Å². The van der Waals surface area contributed by atoms with Gasteiger partial charge in [-0.1, -0.05) is 30.3 Å². The van der Waals surface area contributed by atoms with Crippen molar-refractivity contribution in [3.63, 3.8) is 0 Å². The predicted molar refractivity (Wildman–Crippen MR) is 86.7 cm³/mol. The van der Waals surface area contributed by atoms with Gasteiger partial charge in [-0.3, -0.25) is 9.59 Å². The highest BCUT2D eigenvalue weighted by Gasteiger charge is 2.33. The first-order chi connectivity index (χ1) is 11.3. The summed E-state index contributed by atoms with van der Waals surface area (Å²) in [6.45, 7) is 2.02. The summed E-state index contributed by atoms with van der Waals surface area (Å²) >= 11 is 0. The number of benzene rings is 1. The SMILES string of the molecule is O=C(NC1CCOCC1)C(c1ccccc1)N1CCCCC1=O. The molecule has 2 aliphatic heterocycles. The van der Waals surface area contributed by atoms with Crippen LogP contribution in [0.2, 0.25) is 0 Å². The monoisotopic (exact) mass is 316 g/mol. The summed E-state index contributed by atoms with van der Waals surface area (Å²) in [5, 5.41) is 3.12. The van der Waals surface area contributed by atoms with Crippen molar-refractivity contribution >= 4 is 11.8 Å². The summed E-state index contributed by atoms with van der Waals surface area (Å²) in [6, 6.07) is 9.23. The largest absolute Gasteiger partial charge is 0.381 e. The summed E-state index contributed by atoms with van der Waals surface area (Å²) in [5.74, 6) is 0.00517. The second-order valence-corrected chi connectivity index (χ2v) is 6.25. The molecule has 5 nitrogen and oxygen atoms in total. The van der Waals surface area contributed by atoms with Crippen LogP contribution < -0.4 is 5.32 Å². The van der Waals surface area contributed by atoms with Crippen molar-refractivity contribution in [1.82, 2.24) is 10.2 Å². The number of hydrogen-bond acceptors (Lipinski definition) is 3. The molecule has 0 aromatic heterocycles. The van der Waals surface area contributed by atoms with Crippen LogP contribution in [-0.2, 0) is 14.3 Å². The Morgan fingerprint density at radius 3 is 2.61 bits per heavy atom. The zero-order chi connectivity index (χ0) is 16.1. The average Bonchev–Trinajstić information content (AvgIpc) is 2.59. The average molecular weight is 316 g/mol. The third kappa shape index (κ3) is 3.91. The van der Waals surface area contributed by atoms with Crippen molar-refractivity contribution in [2.24, 2.45) is 0 Å². The van der Waals surface area contributed by atoms with Crippen molar-refractivity contribution in [2.75, 3.05) is 19.8 Å². The van der Waals surface area contributed by atoms with E-state index in [0.717, 1.165) is 31.2 Å². The maximum atomic E-state index is 12.9. The van der Waals surface area contributed by atoms with Crippen LogP contribution >= 0.6 is 0 Å². The molecule has 0 spiro atoms. The van der Waals surface area contributed by atoms with Crippen LogP contribution in [0.1, 0.15) is 43.7 Å². The van der Waals surface area contributed by atoms with E-state index in [1.807, 2.05) is 30.3 Å². The molecule has 1 unspecified atom stereocenters. The molecule has 1 N–H and O–H groups in total. The number of ether oxygens (including phenoxy) is 1. The number of carbonyl (C=O) groups excluding carboxylic acids is 2. The molecule has 0 bridgehead atoms. The Kier molecular flexibility index (Phi) is 5.28. The Morgan fingerprint density at radius 1 is 1.17 bits per heavy atom. The number of nitrogens with one attached hydrogen (secondary N) is 1. The molecule has 2 heterocycles. The molecule has 1 aromatic carbocycles. The molecule has 2 fully saturated rings. The van der Waals surface area contributed by atoms with Crippen molar-refractivity contribution in [3.05, 3.63) is 35.9 Å². The number of likely N-dealkylation sites (tertiary alicyclic amines) is 1. The highest BCUT2D eigenvalue weighted by atomic mass is 16.5. The van der Waals surface area contributed by atoms with Gasteiger partial charge in [0, 0.05) is 32.2 Å². The maximum Gasteiger partial charge on any atom is 0.247 e. The lowest BCUT2D eigenvalue weighted by molar-refractivity contribution is -0.143. The van der Waals surface area contributed by atoms with Gasteiger partial charge in [0.25, 0.3) is 0 Å². The molecule has 5 heteroatoms. The van der Waals surface area contributed by atoms with Crippen LogP contribution in [0.5, 0.6) is 0 Å². The topological polar surface area (TPSA) is 58.6 Å².